The van der Waals surface area contributed by atoms with Crippen molar-refractivity contribution in [3.63, 3.8) is 0 Å². The number of anilines is 1. The van der Waals surface area contributed by atoms with Crippen molar-refractivity contribution in [1.82, 2.24) is 4.98 Å². The summed E-state index contributed by atoms with van der Waals surface area (Å²) in [7, 11) is 0. The van der Waals surface area contributed by atoms with E-state index < -0.39 is 0 Å². The van der Waals surface area contributed by atoms with Crippen molar-refractivity contribution in [1.29, 1.82) is 0 Å². The lowest BCUT2D eigenvalue weighted by atomic mass is 10.1. The molecule has 17 heavy (non-hydrogen) atoms. The Morgan fingerprint density at radius 2 is 2.00 bits per heavy atom. The summed E-state index contributed by atoms with van der Waals surface area (Å²) in [6.07, 6.45) is 3.53. The van der Waals surface area contributed by atoms with Gasteiger partial charge in [-0.2, -0.15) is 0 Å². The molecule has 0 saturated heterocycles. The highest BCUT2D eigenvalue weighted by molar-refractivity contribution is 9.10. The Labute approximate surface area is 109 Å². The van der Waals surface area contributed by atoms with E-state index in [1.165, 1.54) is 0 Å². The van der Waals surface area contributed by atoms with Crippen LogP contribution in [0.3, 0.4) is 0 Å². The van der Waals surface area contributed by atoms with Gasteiger partial charge in [-0.25, -0.2) is 0 Å². The first-order chi connectivity index (χ1) is 8.28. The molecule has 0 amide bonds. The second-order valence-electron chi connectivity index (χ2n) is 3.72. The van der Waals surface area contributed by atoms with Crippen LogP contribution >= 0.6 is 15.9 Å². The van der Waals surface area contributed by atoms with Gasteiger partial charge in [0.2, 0.25) is 0 Å². The standard InChI is InChI=1S/C13H13BrN2O/c14-12-5-13(8-15-7-12)16-6-10-2-1-3-11(4-10)9-17/h1-5,7-8,16-17H,6,9H2. The molecule has 0 radical (unpaired) electrons. The Bertz CT molecular complexity index is 502. The summed E-state index contributed by atoms with van der Waals surface area (Å²) in [6.45, 7) is 0.790. The van der Waals surface area contributed by atoms with Gasteiger partial charge in [0.05, 0.1) is 18.5 Å². The molecule has 2 aromatic rings. The van der Waals surface area contributed by atoms with Gasteiger partial charge in [-0.1, -0.05) is 24.3 Å². The highest BCUT2D eigenvalue weighted by Gasteiger charge is 1.97. The average molecular weight is 293 g/mol. The molecule has 0 aliphatic heterocycles. The van der Waals surface area contributed by atoms with Gasteiger partial charge >= 0.3 is 0 Å². The molecule has 1 heterocycles. The Morgan fingerprint density at radius 1 is 1.18 bits per heavy atom. The molecule has 0 aliphatic carbocycles. The largest absolute Gasteiger partial charge is 0.392 e. The lowest BCUT2D eigenvalue weighted by molar-refractivity contribution is 0.281. The summed E-state index contributed by atoms with van der Waals surface area (Å²) in [6, 6.07) is 9.84. The highest BCUT2D eigenvalue weighted by atomic mass is 79.9. The molecule has 1 aromatic carbocycles. The van der Waals surface area contributed by atoms with Crippen molar-refractivity contribution >= 4 is 21.6 Å². The maximum absolute atomic E-state index is 9.05. The van der Waals surface area contributed by atoms with E-state index in [2.05, 4.69) is 26.2 Å². The van der Waals surface area contributed by atoms with Crippen molar-refractivity contribution in [2.45, 2.75) is 13.2 Å². The predicted molar refractivity (Wildman–Crippen MR) is 71.6 cm³/mol. The summed E-state index contributed by atoms with van der Waals surface area (Å²) in [5, 5.41) is 12.3. The number of nitrogens with zero attached hydrogens (tertiary/aromatic N) is 1. The van der Waals surface area contributed by atoms with Crippen LogP contribution in [0.25, 0.3) is 0 Å². The van der Waals surface area contributed by atoms with E-state index in [1.54, 1.807) is 12.4 Å². The second kappa shape index (κ2) is 5.80. The predicted octanol–water partition coefficient (Wildman–Crippen LogP) is 2.95. The molecule has 2 rings (SSSR count). The fraction of sp³-hybridized carbons (Fsp3) is 0.154. The van der Waals surface area contributed by atoms with E-state index in [-0.39, 0.29) is 6.61 Å². The molecule has 0 spiro atoms. The van der Waals surface area contributed by atoms with Crippen LogP contribution in [0, 0.1) is 0 Å². The van der Waals surface area contributed by atoms with Crippen LogP contribution in [0.1, 0.15) is 11.1 Å². The van der Waals surface area contributed by atoms with Gasteiger partial charge in [-0.05, 0) is 33.1 Å². The Morgan fingerprint density at radius 3 is 2.76 bits per heavy atom. The van der Waals surface area contributed by atoms with Crippen LogP contribution in [-0.4, -0.2) is 10.1 Å². The van der Waals surface area contributed by atoms with Crippen LogP contribution in [0.5, 0.6) is 0 Å². The van der Waals surface area contributed by atoms with Gasteiger partial charge < -0.3 is 10.4 Å². The maximum atomic E-state index is 9.05. The number of hydrogen-bond donors (Lipinski definition) is 2. The van der Waals surface area contributed by atoms with Crippen LogP contribution in [-0.2, 0) is 13.2 Å². The lowest BCUT2D eigenvalue weighted by Crippen LogP contribution is -2.00. The monoisotopic (exact) mass is 292 g/mol. The second-order valence-corrected chi connectivity index (χ2v) is 4.64. The van der Waals surface area contributed by atoms with E-state index in [0.717, 1.165) is 21.3 Å². The molecule has 1 aromatic heterocycles. The summed E-state index contributed by atoms with van der Waals surface area (Å²) in [4.78, 5) is 4.08. The topological polar surface area (TPSA) is 45.1 Å². The molecule has 2 N–H and O–H groups in total. The number of aliphatic hydroxyl groups excluding tert-OH is 1. The van der Waals surface area contributed by atoms with Gasteiger partial charge in [0.15, 0.2) is 0 Å². The van der Waals surface area contributed by atoms with Gasteiger partial charge in [0.1, 0.15) is 0 Å². The maximum Gasteiger partial charge on any atom is 0.0681 e. The number of benzene rings is 1. The highest BCUT2D eigenvalue weighted by Crippen LogP contribution is 2.15. The summed E-state index contributed by atoms with van der Waals surface area (Å²) in [5.41, 5.74) is 3.03. The number of aromatic nitrogens is 1. The Balaban J connectivity index is 2.02. The number of nitrogens with one attached hydrogen (secondary N) is 1. The minimum absolute atomic E-state index is 0.0757. The fourth-order valence-corrected chi connectivity index (χ4v) is 1.92. The normalized spacial score (nSPS) is 10.2. The van der Waals surface area contributed by atoms with E-state index in [9.17, 15) is 0 Å². The molecule has 0 saturated carbocycles. The zero-order valence-electron chi connectivity index (χ0n) is 9.23. The molecule has 88 valence electrons. The van der Waals surface area contributed by atoms with E-state index in [4.69, 9.17) is 5.11 Å². The van der Waals surface area contributed by atoms with Crippen molar-refractivity contribution in [2.24, 2.45) is 0 Å². The number of pyridine rings is 1. The van der Waals surface area contributed by atoms with Crippen molar-refractivity contribution in [2.75, 3.05) is 5.32 Å². The van der Waals surface area contributed by atoms with Crippen molar-refractivity contribution in [3.8, 4) is 0 Å². The van der Waals surface area contributed by atoms with Gasteiger partial charge in [0, 0.05) is 17.2 Å². The van der Waals surface area contributed by atoms with Crippen molar-refractivity contribution < 1.29 is 5.11 Å². The summed E-state index contributed by atoms with van der Waals surface area (Å²) >= 11 is 3.38. The third-order valence-electron chi connectivity index (χ3n) is 2.38. The Hall–Kier alpha value is -1.39. The number of rotatable bonds is 4. The first kappa shape index (κ1) is 12.1. The third-order valence-corrected chi connectivity index (χ3v) is 2.81. The zero-order valence-corrected chi connectivity index (χ0v) is 10.8. The molecule has 0 atom stereocenters. The Kier molecular flexibility index (Phi) is 4.12. The van der Waals surface area contributed by atoms with Gasteiger partial charge in [0.25, 0.3) is 0 Å². The zero-order chi connectivity index (χ0) is 12.1. The van der Waals surface area contributed by atoms with E-state index >= 15 is 0 Å². The van der Waals surface area contributed by atoms with Gasteiger partial charge in [-0.15, -0.1) is 0 Å². The molecule has 4 heteroatoms. The SMILES string of the molecule is OCc1cccc(CNc2cncc(Br)c2)c1. The number of halogens is 1. The first-order valence-electron chi connectivity index (χ1n) is 5.31. The minimum Gasteiger partial charge on any atom is -0.392 e. The van der Waals surface area contributed by atoms with E-state index in [0.29, 0.717) is 6.54 Å². The first-order valence-corrected chi connectivity index (χ1v) is 6.10. The van der Waals surface area contributed by atoms with Crippen LogP contribution in [0.4, 0.5) is 5.69 Å². The van der Waals surface area contributed by atoms with Crippen LogP contribution < -0.4 is 5.32 Å². The molecular weight excluding hydrogens is 280 g/mol. The average Bonchev–Trinajstić information content (AvgIpc) is 2.37. The van der Waals surface area contributed by atoms with Crippen molar-refractivity contribution in [3.05, 3.63) is 58.3 Å². The molecular formula is C13H13BrN2O. The molecule has 0 bridgehead atoms. The van der Waals surface area contributed by atoms with Gasteiger partial charge in [-0.3, -0.25) is 4.98 Å². The molecule has 0 unspecified atom stereocenters. The van der Waals surface area contributed by atoms with Crippen LogP contribution in [0.2, 0.25) is 0 Å². The molecule has 0 aliphatic rings. The molecule has 0 fully saturated rings. The van der Waals surface area contributed by atoms with Crippen LogP contribution in [0.15, 0.2) is 47.2 Å². The third kappa shape index (κ3) is 3.54. The number of hydrogen-bond acceptors (Lipinski definition) is 3. The molecule has 3 nitrogen and oxygen atoms in total. The quantitative estimate of drug-likeness (QED) is 0.911. The number of aliphatic hydroxyl groups is 1. The summed E-state index contributed by atoms with van der Waals surface area (Å²) < 4.78 is 0.951. The fourth-order valence-electron chi connectivity index (χ4n) is 1.55. The summed E-state index contributed by atoms with van der Waals surface area (Å²) in [5.74, 6) is 0. The lowest BCUT2D eigenvalue weighted by Gasteiger charge is -2.07. The minimum atomic E-state index is 0.0757. The van der Waals surface area contributed by atoms with E-state index in [1.807, 2.05) is 30.3 Å². The smallest absolute Gasteiger partial charge is 0.0681 e.